The van der Waals surface area contributed by atoms with Crippen molar-refractivity contribution in [1.82, 2.24) is 9.97 Å². The van der Waals surface area contributed by atoms with Crippen molar-refractivity contribution in [3.05, 3.63) is 29.2 Å². The summed E-state index contributed by atoms with van der Waals surface area (Å²) in [6, 6.07) is 1.86. The Morgan fingerprint density at radius 3 is 3.35 bits per heavy atom. The number of amides is 1. The average molecular weight is 293 g/mol. The Hall–Kier alpha value is -2.02. The number of fused-ring (bicyclic) bond motifs is 1. The maximum atomic E-state index is 11.3. The number of rotatable bonds is 3. The van der Waals surface area contributed by atoms with Gasteiger partial charge in [-0.05, 0) is 12.8 Å². The van der Waals surface area contributed by atoms with Crippen molar-refractivity contribution in [3.63, 3.8) is 0 Å². The molecule has 2 N–H and O–H groups in total. The molecule has 0 aromatic carbocycles. The molecule has 2 aromatic rings. The predicted octanol–water partition coefficient (Wildman–Crippen LogP) is 2.76. The molecule has 0 bridgehead atoms. The fourth-order valence-electron chi connectivity index (χ4n) is 2.30. The summed E-state index contributed by atoms with van der Waals surface area (Å²) in [5.41, 5.74) is 1.11. The van der Waals surface area contributed by atoms with Gasteiger partial charge in [0.2, 0.25) is 0 Å². The number of thiophene rings is 1. The standard InChI is InChI=1S/C13H15N3O3S/c1-18-13(17)16-11-5-10-12(20-11)8(2-3-19-10)4-9-6-14-7-15-9/h5-8H,2-4H2,1H3,(H,14,15)(H,16,17). The Morgan fingerprint density at radius 1 is 1.70 bits per heavy atom. The van der Waals surface area contributed by atoms with Gasteiger partial charge < -0.3 is 14.5 Å². The summed E-state index contributed by atoms with van der Waals surface area (Å²) >= 11 is 1.54. The molecule has 2 aromatic heterocycles. The molecule has 106 valence electrons. The lowest BCUT2D eigenvalue weighted by atomic mass is 9.96. The molecule has 0 saturated heterocycles. The first-order chi connectivity index (χ1) is 9.76. The zero-order valence-electron chi connectivity index (χ0n) is 11.0. The van der Waals surface area contributed by atoms with Crippen LogP contribution in [0.25, 0.3) is 0 Å². The number of hydrogen-bond donors (Lipinski definition) is 2. The van der Waals surface area contributed by atoms with Gasteiger partial charge in [-0.25, -0.2) is 9.78 Å². The summed E-state index contributed by atoms with van der Waals surface area (Å²) in [6.07, 6.45) is 4.93. The first-order valence-electron chi connectivity index (χ1n) is 6.35. The van der Waals surface area contributed by atoms with Gasteiger partial charge in [0.15, 0.2) is 0 Å². The number of methoxy groups -OCH3 is 1. The van der Waals surface area contributed by atoms with Crippen LogP contribution in [0.2, 0.25) is 0 Å². The number of aromatic nitrogens is 2. The van der Waals surface area contributed by atoms with E-state index >= 15 is 0 Å². The molecule has 3 heterocycles. The van der Waals surface area contributed by atoms with Gasteiger partial charge in [0.25, 0.3) is 0 Å². The molecule has 1 aliphatic heterocycles. The highest BCUT2D eigenvalue weighted by Gasteiger charge is 2.25. The van der Waals surface area contributed by atoms with Crippen molar-refractivity contribution < 1.29 is 14.3 Å². The Kier molecular flexibility index (Phi) is 3.60. The molecule has 0 aliphatic carbocycles. The van der Waals surface area contributed by atoms with E-state index < -0.39 is 6.09 Å². The second kappa shape index (κ2) is 5.54. The molecule has 7 heteroatoms. The van der Waals surface area contributed by atoms with Gasteiger partial charge in [-0.1, -0.05) is 0 Å². The first-order valence-corrected chi connectivity index (χ1v) is 7.16. The number of nitrogens with one attached hydrogen (secondary N) is 2. The van der Waals surface area contributed by atoms with E-state index in [9.17, 15) is 4.79 Å². The molecular formula is C13H15N3O3S. The minimum absolute atomic E-state index is 0.386. The quantitative estimate of drug-likeness (QED) is 0.912. The van der Waals surface area contributed by atoms with Crippen LogP contribution in [0.15, 0.2) is 18.6 Å². The molecular weight excluding hydrogens is 278 g/mol. The summed E-state index contributed by atoms with van der Waals surface area (Å²) in [5.74, 6) is 1.24. The number of anilines is 1. The summed E-state index contributed by atoms with van der Waals surface area (Å²) in [7, 11) is 1.35. The van der Waals surface area contributed by atoms with E-state index in [1.54, 1.807) is 6.33 Å². The average Bonchev–Trinajstić information content (AvgIpc) is 3.08. The highest BCUT2D eigenvalue weighted by atomic mass is 32.1. The molecule has 1 unspecified atom stereocenters. The molecule has 0 saturated carbocycles. The second-order valence-electron chi connectivity index (χ2n) is 4.57. The normalized spacial score (nSPS) is 17.1. The van der Waals surface area contributed by atoms with Gasteiger partial charge in [-0.2, -0.15) is 0 Å². The van der Waals surface area contributed by atoms with Crippen molar-refractivity contribution in [2.45, 2.75) is 18.8 Å². The minimum atomic E-state index is -0.464. The van der Waals surface area contributed by atoms with Crippen molar-refractivity contribution in [2.75, 3.05) is 19.0 Å². The number of carbonyl (C=O) groups excluding carboxylic acids is 1. The molecule has 1 atom stereocenters. The molecule has 1 aliphatic rings. The Balaban J connectivity index is 1.79. The van der Waals surface area contributed by atoms with Crippen molar-refractivity contribution in [3.8, 4) is 5.75 Å². The van der Waals surface area contributed by atoms with Crippen LogP contribution in [-0.4, -0.2) is 29.8 Å². The predicted molar refractivity (Wildman–Crippen MR) is 75.5 cm³/mol. The monoisotopic (exact) mass is 293 g/mol. The molecule has 6 nitrogen and oxygen atoms in total. The maximum Gasteiger partial charge on any atom is 0.411 e. The van der Waals surface area contributed by atoms with Crippen molar-refractivity contribution >= 4 is 22.4 Å². The third-order valence-corrected chi connectivity index (χ3v) is 4.45. The number of ether oxygens (including phenoxy) is 2. The van der Waals surface area contributed by atoms with Crippen LogP contribution in [0.1, 0.15) is 22.9 Å². The lowest BCUT2D eigenvalue weighted by Crippen LogP contribution is -2.14. The van der Waals surface area contributed by atoms with Crippen LogP contribution in [0.5, 0.6) is 5.75 Å². The summed E-state index contributed by atoms with van der Waals surface area (Å²) in [4.78, 5) is 19.6. The van der Waals surface area contributed by atoms with Gasteiger partial charge in [-0.15, -0.1) is 11.3 Å². The number of carbonyl (C=O) groups is 1. The van der Waals surface area contributed by atoms with Gasteiger partial charge in [0, 0.05) is 23.9 Å². The number of nitrogens with zero attached hydrogens (tertiary/aromatic N) is 1. The van der Waals surface area contributed by atoms with E-state index in [1.807, 2.05) is 12.3 Å². The van der Waals surface area contributed by atoms with Crippen LogP contribution < -0.4 is 10.1 Å². The SMILES string of the molecule is COC(=O)Nc1cc2c(s1)C(Cc1cnc[nH]1)CCO2. The highest BCUT2D eigenvalue weighted by Crippen LogP contribution is 2.43. The topological polar surface area (TPSA) is 76.2 Å². The van der Waals surface area contributed by atoms with Crippen molar-refractivity contribution in [2.24, 2.45) is 0 Å². The lowest BCUT2D eigenvalue weighted by Gasteiger charge is -2.22. The smallest absolute Gasteiger partial charge is 0.411 e. The van der Waals surface area contributed by atoms with Crippen LogP contribution in [0.4, 0.5) is 9.80 Å². The lowest BCUT2D eigenvalue weighted by molar-refractivity contribution is 0.187. The Labute approximate surface area is 120 Å². The van der Waals surface area contributed by atoms with Crippen LogP contribution in [0.3, 0.4) is 0 Å². The van der Waals surface area contributed by atoms with Gasteiger partial charge in [0.1, 0.15) is 10.8 Å². The van der Waals surface area contributed by atoms with E-state index in [-0.39, 0.29) is 0 Å². The van der Waals surface area contributed by atoms with E-state index in [0.717, 1.165) is 34.2 Å². The molecule has 0 fully saturated rings. The fraction of sp³-hybridized carbons (Fsp3) is 0.385. The van der Waals surface area contributed by atoms with Gasteiger partial charge in [-0.3, -0.25) is 5.32 Å². The van der Waals surface area contributed by atoms with E-state index in [2.05, 4.69) is 20.0 Å². The van der Waals surface area contributed by atoms with E-state index in [1.165, 1.54) is 18.4 Å². The number of aromatic amines is 1. The van der Waals surface area contributed by atoms with Crippen LogP contribution in [-0.2, 0) is 11.2 Å². The molecule has 1 amide bonds. The fourth-order valence-corrected chi connectivity index (χ4v) is 3.42. The molecule has 3 rings (SSSR count). The van der Waals surface area contributed by atoms with E-state index in [0.29, 0.717) is 12.5 Å². The third kappa shape index (κ3) is 2.62. The number of hydrogen-bond acceptors (Lipinski definition) is 5. The van der Waals surface area contributed by atoms with Gasteiger partial charge in [0.05, 0.1) is 24.9 Å². The largest absolute Gasteiger partial charge is 0.492 e. The minimum Gasteiger partial charge on any atom is -0.492 e. The van der Waals surface area contributed by atoms with Crippen molar-refractivity contribution in [1.29, 1.82) is 0 Å². The first kappa shape index (κ1) is 13.0. The molecule has 20 heavy (non-hydrogen) atoms. The summed E-state index contributed by atoms with van der Waals surface area (Å²) in [6.45, 7) is 0.695. The Bertz CT molecular complexity index is 594. The van der Waals surface area contributed by atoms with E-state index in [4.69, 9.17) is 4.74 Å². The zero-order chi connectivity index (χ0) is 13.9. The second-order valence-corrected chi connectivity index (χ2v) is 5.65. The van der Waals surface area contributed by atoms with Crippen LogP contribution >= 0.6 is 11.3 Å². The maximum absolute atomic E-state index is 11.3. The molecule has 0 radical (unpaired) electrons. The van der Waals surface area contributed by atoms with Gasteiger partial charge >= 0.3 is 6.09 Å². The number of H-pyrrole nitrogens is 1. The summed E-state index contributed by atoms with van der Waals surface area (Å²) in [5, 5.41) is 3.43. The third-order valence-electron chi connectivity index (χ3n) is 3.25. The number of imidazole rings is 1. The zero-order valence-corrected chi connectivity index (χ0v) is 11.8. The summed E-state index contributed by atoms with van der Waals surface area (Å²) < 4.78 is 10.3. The Morgan fingerprint density at radius 2 is 2.60 bits per heavy atom. The molecule has 0 spiro atoms. The van der Waals surface area contributed by atoms with Crippen LogP contribution in [0, 0.1) is 0 Å². The highest BCUT2D eigenvalue weighted by molar-refractivity contribution is 7.16.